The predicted molar refractivity (Wildman–Crippen MR) is 57.3 cm³/mol. The fraction of sp³-hybridized carbons (Fsp3) is 0.600. The summed E-state index contributed by atoms with van der Waals surface area (Å²) in [7, 11) is 1.74. The number of hydrogen-bond acceptors (Lipinski definition) is 3. The van der Waals surface area contributed by atoms with E-state index >= 15 is 0 Å². The number of nitrogens with one attached hydrogen (secondary N) is 1. The van der Waals surface area contributed by atoms with Crippen LogP contribution in [-0.2, 0) is 11.3 Å². The molecule has 0 radical (unpaired) electrons. The van der Waals surface area contributed by atoms with Crippen molar-refractivity contribution < 1.29 is 4.74 Å². The minimum atomic E-state index is 0.844. The molecule has 0 saturated heterocycles. The van der Waals surface area contributed by atoms with Gasteiger partial charge in [-0.2, -0.15) is 0 Å². The Morgan fingerprint density at radius 1 is 1.46 bits per heavy atom. The molecule has 1 heterocycles. The molecule has 1 aromatic rings. The van der Waals surface area contributed by atoms with Gasteiger partial charge in [0.1, 0.15) is 0 Å². The van der Waals surface area contributed by atoms with Crippen molar-refractivity contribution in [3.05, 3.63) is 21.9 Å². The van der Waals surface area contributed by atoms with Crippen LogP contribution >= 0.6 is 11.3 Å². The Kier molecular flexibility index (Phi) is 5.05. The second kappa shape index (κ2) is 6.13. The van der Waals surface area contributed by atoms with E-state index in [0.717, 1.165) is 26.1 Å². The van der Waals surface area contributed by atoms with Crippen LogP contribution in [0.4, 0.5) is 0 Å². The van der Waals surface area contributed by atoms with Crippen molar-refractivity contribution in [1.82, 2.24) is 5.32 Å². The average molecular weight is 199 g/mol. The van der Waals surface area contributed by atoms with Gasteiger partial charge in [0, 0.05) is 30.0 Å². The summed E-state index contributed by atoms with van der Waals surface area (Å²) in [6.45, 7) is 5.00. The second-order valence-corrected chi connectivity index (χ2v) is 4.41. The van der Waals surface area contributed by atoms with E-state index in [0.29, 0.717) is 0 Å². The molecule has 1 aromatic heterocycles. The number of thiophene rings is 1. The van der Waals surface area contributed by atoms with Crippen LogP contribution in [0.5, 0.6) is 0 Å². The van der Waals surface area contributed by atoms with Crippen molar-refractivity contribution >= 4 is 11.3 Å². The minimum absolute atomic E-state index is 0.844. The van der Waals surface area contributed by atoms with Crippen LogP contribution in [0.25, 0.3) is 0 Å². The molecule has 0 aliphatic heterocycles. The van der Waals surface area contributed by atoms with Gasteiger partial charge in [-0.1, -0.05) is 0 Å². The molecular weight excluding hydrogens is 182 g/mol. The largest absolute Gasteiger partial charge is 0.385 e. The Bertz CT molecular complexity index is 235. The quantitative estimate of drug-likeness (QED) is 0.709. The summed E-state index contributed by atoms with van der Waals surface area (Å²) in [5, 5.41) is 3.38. The third-order valence-corrected chi connectivity index (χ3v) is 2.80. The first-order chi connectivity index (χ1) is 6.33. The highest BCUT2D eigenvalue weighted by molar-refractivity contribution is 7.11. The van der Waals surface area contributed by atoms with Gasteiger partial charge in [0.15, 0.2) is 0 Å². The van der Waals surface area contributed by atoms with Crippen molar-refractivity contribution in [2.45, 2.75) is 19.9 Å². The third kappa shape index (κ3) is 4.41. The molecule has 0 amide bonds. The number of ether oxygens (including phenoxy) is 1. The standard InChI is InChI=1S/C10H17NOS/c1-9-4-5-10(13-9)8-11-6-3-7-12-2/h4-5,11H,3,6-8H2,1-2H3. The Morgan fingerprint density at radius 3 is 2.92 bits per heavy atom. The van der Waals surface area contributed by atoms with Crippen molar-refractivity contribution in [2.24, 2.45) is 0 Å². The van der Waals surface area contributed by atoms with Crippen molar-refractivity contribution in [3.63, 3.8) is 0 Å². The lowest BCUT2D eigenvalue weighted by atomic mass is 10.4. The van der Waals surface area contributed by atoms with Gasteiger partial charge >= 0.3 is 0 Å². The summed E-state index contributed by atoms with van der Waals surface area (Å²) in [6, 6.07) is 4.35. The Hall–Kier alpha value is -0.380. The molecular formula is C10H17NOS. The Morgan fingerprint density at radius 2 is 2.31 bits per heavy atom. The van der Waals surface area contributed by atoms with Crippen LogP contribution in [0, 0.1) is 6.92 Å². The normalized spacial score (nSPS) is 10.6. The van der Waals surface area contributed by atoms with E-state index in [1.807, 2.05) is 11.3 Å². The molecule has 0 aliphatic carbocycles. The maximum absolute atomic E-state index is 4.96. The summed E-state index contributed by atoms with van der Waals surface area (Å²) < 4.78 is 4.96. The second-order valence-electron chi connectivity index (χ2n) is 3.04. The average Bonchev–Trinajstić information content (AvgIpc) is 2.51. The molecule has 0 unspecified atom stereocenters. The van der Waals surface area contributed by atoms with Gasteiger partial charge in [0.05, 0.1) is 0 Å². The monoisotopic (exact) mass is 199 g/mol. The molecule has 0 fully saturated rings. The summed E-state index contributed by atoms with van der Waals surface area (Å²) in [5.74, 6) is 0. The molecule has 0 aliphatic rings. The number of methoxy groups -OCH3 is 1. The zero-order chi connectivity index (χ0) is 9.52. The summed E-state index contributed by atoms with van der Waals surface area (Å²) in [4.78, 5) is 2.80. The number of aryl methyl sites for hydroxylation is 1. The van der Waals surface area contributed by atoms with Crippen LogP contribution in [0.3, 0.4) is 0 Å². The van der Waals surface area contributed by atoms with E-state index in [1.165, 1.54) is 9.75 Å². The molecule has 3 heteroatoms. The fourth-order valence-electron chi connectivity index (χ4n) is 1.13. The van der Waals surface area contributed by atoms with Gasteiger partial charge in [0.25, 0.3) is 0 Å². The highest BCUT2D eigenvalue weighted by Gasteiger charge is 1.95. The highest BCUT2D eigenvalue weighted by atomic mass is 32.1. The minimum Gasteiger partial charge on any atom is -0.385 e. The van der Waals surface area contributed by atoms with E-state index in [1.54, 1.807) is 7.11 Å². The molecule has 0 spiro atoms. The molecule has 0 bridgehead atoms. The zero-order valence-electron chi connectivity index (χ0n) is 8.30. The van der Waals surface area contributed by atoms with Crippen LogP contribution in [-0.4, -0.2) is 20.3 Å². The summed E-state index contributed by atoms with van der Waals surface area (Å²) in [5.41, 5.74) is 0. The van der Waals surface area contributed by atoms with Gasteiger partial charge < -0.3 is 10.1 Å². The van der Waals surface area contributed by atoms with E-state index in [9.17, 15) is 0 Å². The molecule has 1 N–H and O–H groups in total. The molecule has 13 heavy (non-hydrogen) atoms. The van der Waals surface area contributed by atoms with Gasteiger partial charge in [-0.15, -0.1) is 11.3 Å². The van der Waals surface area contributed by atoms with Crippen LogP contribution in [0.15, 0.2) is 12.1 Å². The lowest BCUT2D eigenvalue weighted by Crippen LogP contribution is -2.15. The Balaban J connectivity index is 2.06. The first-order valence-corrected chi connectivity index (χ1v) is 5.39. The first-order valence-electron chi connectivity index (χ1n) is 4.58. The first kappa shape index (κ1) is 10.7. The SMILES string of the molecule is COCCCNCc1ccc(C)s1. The molecule has 0 atom stereocenters. The van der Waals surface area contributed by atoms with Crippen molar-refractivity contribution in [1.29, 1.82) is 0 Å². The fourth-order valence-corrected chi connectivity index (χ4v) is 1.99. The van der Waals surface area contributed by atoms with E-state index in [2.05, 4.69) is 24.4 Å². The number of hydrogen-bond donors (Lipinski definition) is 1. The zero-order valence-corrected chi connectivity index (χ0v) is 9.12. The van der Waals surface area contributed by atoms with Gasteiger partial charge in [-0.25, -0.2) is 0 Å². The Labute approximate surface area is 83.9 Å². The molecule has 74 valence electrons. The molecule has 0 aromatic carbocycles. The van der Waals surface area contributed by atoms with E-state index in [4.69, 9.17) is 4.74 Å². The van der Waals surface area contributed by atoms with E-state index < -0.39 is 0 Å². The van der Waals surface area contributed by atoms with Crippen LogP contribution in [0.1, 0.15) is 16.2 Å². The van der Waals surface area contributed by atoms with Crippen LogP contribution in [0.2, 0.25) is 0 Å². The van der Waals surface area contributed by atoms with Gasteiger partial charge in [0.2, 0.25) is 0 Å². The maximum Gasteiger partial charge on any atom is 0.0474 e. The van der Waals surface area contributed by atoms with Gasteiger partial charge in [-0.05, 0) is 32.0 Å². The van der Waals surface area contributed by atoms with Crippen molar-refractivity contribution in [3.8, 4) is 0 Å². The molecule has 1 rings (SSSR count). The summed E-state index contributed by atoms with van der Waals surface area (Å²) >= 11 is 1.86. The summed E-state index contributed by atoms with van der Waals surface area (Å²) in [6.07, 6.45) is 1.08. The lowest BCUT2D eigenvalue weighted by molar-refractivity contribution is 0.194. The molecule has 0 saturated carbocycles. The lowest BCUT2D eigenvalue weighted by Gasteiger charge is -2.01. The topological polar surface area (TPSA) is 21.3 Å². The highest BCUT2D eigenvalue weighted by Crippen LogP contribution is 2.14. The maximum atomic E-state index is 4.96. The smallest absolute Gasteiger partial charge is 0.0474 e. The molecule has 2 nitrogen and oxygen atoms in total. The number of rotatable bonds is 6. The predicted octanol–water partition coefficient (Wildman–Crippen LogP) is 2.18. The third-order valence-electron chi connectivity index (χ3n) is 1.80. The van der Waals surface area contributed by atoms with Crippen LogP contribution < -0.4 is 5.32 Å². The van der Waals surface area contributed by atoms with Gasteiger partial charge in [-0.3, -0.25) is 0 Å². The van der Waals surface area contributed by atoms with Crippen molar-refractivity contribution in [2.75, 3.05) is 20.3 Å². The van der Waals surface area contributed by atoms with E-state index in [-0.39, 0.29) is 0 Å².